The summed E-state index contributed by atoms with van der Waals surface area (Å²) in [7, 11) is 0. The second-order valence-corrected chi connectivity index (χ2v) is 4.88. The van der Waals surface area contributed by atoms with E-state index in [4.69, 9.17) is 22.1 Å². The Bertz CT molecular complexity index is 498. The maximum atomic E-state index is 11.4. The highest BCUT2D eigenvalue weighted by Crippen LogP contribution is 2.21. The van der Waals surface area contributed by atoms with Gasteiger partial charge in [0.05, 0.1) is 19.7 Å². The molecule has 1 aromatic carbocycles. The van der Waals surface area contributed by atoms with E-state index in [2.05, 4.69) is 10.6 Å². The molecule has 0 unspecified atom stereocenters. The highest BCUT2D eigenvalue weighted by Gasteiger charge is 2.03. The quantitative estimate of drug-likeness (QED) is 0.611. The smallest absolute Gasteiger partial charge is 0.239 e. The Labute approximate surface area is 141 Å². The normalized spacial score (nSPS) is 9.59. The molecule has 0 aliphatic rings. The van der Waals surface area contributed by atoms with Crippen LogP contribution in [0.25, 0.3) is 0 Å². The number of amides is 2. The lowest BCUT2D eigenvalue weighted by Gasteiger charge is -2.10. The molecule has 1 rings (SSSR count). The molecule has 1 aromatic rings. The van der Waals surface area contributed by atoms with Gasteiger partial charge in [0.25, 0.3) is 0 Å². The second-order valence-electron chi connectivity index (χ2n) is 4.44. The number of nitrogens with one attached hydrogen (secondary N) is 2. The van der Waals surface area contributed by atoms with Crippen molar-refractivity contribution in [3.8, 4) is 5.75 Å². The van der Waals surface area contributed by atoms with Crippen molar-refractivity contribution in [2.75, 3.05) is 26.2 Å². The van der Waals surface area contributed by atoms with E-state index in [1.165, 1.54) is 0 Å². The lowest BCUT2D eigenvalue weighted by atomic mass is 10.2. The van der Waals surface area contributed by atoms with Gasteiger partial charge >= 0.3 is 0 Å². The van der Waals surface area contributed by atoms with Gasteiger partial charge in [-0.2, -0.15) is 0 Å². The zero-order valence-electron chi connectivity index (χ0n) is 12.4. The number of halogens is 2. The molecule has 0 aromatic heterocycles. The molecular formula is C14H21Cl2N3O3. The Morgan fingerprint density at radius 1 is 1.27 bits per heavy atom. The number of hydrogen-bond donors (Lipinski definition) is 3. The van der Waals surface area contributed by atoms with Gasteiger partial charge in [-0.05, 0) is 37.1 Å². The fraction of sp³-hybridized carbons (Fsp3) is 0.429. The van der Waals surface area contributed by atoms with Crippen LogP contribution in [0.3, 0.4) is 0 Å². The van der Waals surface area contributed by atoms with Crippen LogP contribution in [0.2, 0.25) is 5.02 Å². The Morgan fingerprint density at radius 2 is 2.00 bits per heavy atom. The number of ether oxygens (including phenoxy) is 1. The highest BCUT2D eigenvalue weighted by molar-refractivity contribution is 6.30. The number of benzene rings is 1. The van der Waals surface area contributed by atoms with Gasteiger partial charge in [0.1, 0.15) is 5.75 Å². The molecule has 22 heavy (non-hydrogen) atoms. The summed E-state index contributed by atoms with van der Waals surface area (Å²) in [5.41, 5.74) is 6.07. The fourth-order valence-corrected chi connectivity index (χ4v) is 1.80. The first-order valence-electron chi connectivity index (χ1n) is 6.65. The topological polar surface area (TPSA) is 93.5 Å². The minimum absolute atomic E-state index is 0. The number of hydrogen-bond acceptors (Lipinski definition) is 4. The average Bonchev–Trinajstić information content (AvgIpc) is 2.46. The van der Waals surface area contributed by atoms with E-state index < -0.39 is 0 Å². The zero-order valence-corrected chi connectivity index (χ0v) is 13.9. The summed E-state index contributed by atoms with van der Waals surface area (Å²) < 4.78 is 5.59. The van der Waals surface area contributed by atoms with Gasteiger partial charge in [0.2, 0.25) is 11.8 Å². The predicted octanol–water partition coefficient (Wildman–Crippen LogP) is 1.03. The molecule has 0 aliphatic carbocycles. The van der Waals surface area contributed by atoms with Gasteiger partial charge in [-0.3, -0.25) is 9.59 Å². The minimum Gasteiger partial charge on any atom is -0.493 e. The van der Waals surface area contributed by atoms with Crippen LogP contribution in [0, 0.1) is 6.92 Å². The third kappa shape index (κ3) is 8.07. The summed E-state index contributed by atoms with van der Waals surface area (Å²) in [4.78, 5) is 22.2. The number of carbonyl (C=O) groups is 2. The molecule has 6 nitrogen and oxygen atoms in total. The number of carbonyl (C=O) groups excluding carboxylic acids is 2. The predicted molar refractivity (Wildman–Crippen MR) is 88.6 cm³/mol. The third-order valence-electron chi connectivity index (χ3n) is 2.67. The summed E-state index contributed by atoms with van der Waals surface area (Å²) in [5.74, 6) is 0.173. The third-order valence-corrected chi connectivity index (χ3v) is 2.90. The Hall–Kier alpha value is -1.50. The van der Waals surface area contributed by atoms with Crippen LogP contribution >= 0.6 is 24.0 Å². The van der Waals surface area contributed by atoms with Gasteiger partial charge < -0.3 is 21.1 Å². The van der Waals surface area contributed by atoms with Crippen LogP contribution in [-0.4, -0.2) is 38.1 Å². The highest BCUT2D eigenvalue weighted by atomic mass is 35.5. The Morgan fingerprint density at radius 3 is 2.64 bits per heavy atom. The molecule has 0 aliphatic heterocycles. The molecule has 8 heteroatoms. The van der Waals surface area contributed by atoms with Crippen molar-refractivity contribution in [3.63, 3.8) is 0 Å². The number of aryl methyl sites for hydroxylation is 1. The molecule has 0 saturated heterocycles. The van der Waals surface area contributed by atoms with Crippen molar-refractivity contribution in [1.29, 1.82) is 0 Å². The summed E-state index contributed by atoms with van der Waals surface area (Å²) in [6.07, 6.45) is 0.665. The molecule has 0 atom stereocenters. The molecule has 0 saturated carbocycles. The van der Waals surface area contributed by atoms with E-state index in [-0.39, 0.29) is 37.3 Å². The maximum Gasteiger partial charge on any atom is 0.239 e. The van der Waals surface area contributed by atoms with Gasteiger partial charge in [-0.1, -0.05) is 11.6 Å². The van der Waals surface area contributed by atoms with Crippen LogP contribution in [0.1, 0.15) is 12.0 Å². The fourth-order valence-electron chi connectivity index (χ4n) is 1.57. The molecule has 0 bridgehead atoms. The summed E-state index contributed by atoms with van der Waals surface area (Å²) >= 11 is 5.86. The van der Waals surface area contributed by atoms with Crippen LogP contribution in [0.5, 0.6) is 5.75 Å². The molecule has 2 amide bonds. The summed E-state index contributed by atoms with van der Waals surface area (Å²) in [6, 6.07) is 5.42. The van der Waals surface area contributed by atoms with E-state index in [0.717, 1.165) is 11.3 Å². The van der Waals surface area contributed by atoms with Gasteiger partial charge in [0, 0.05) is 11.6 Å². The van der Waals surface area contributed by atoms with E-state index in [9.17, 15) is 9.59 Å². The van der Waals surface area contributed by atoms with E-state index in [1.807, 2.05) is 19.1 Å². The molecule has 4 N–H and O–H groups in total. The van der Waals surface area contributed by atoms with Crippen LogP contribution in [0.4, 0.5) is 0 Å². The zero-order chi connectivity index (χ0) is 15.7. The Balaban J connectivity index is 0.00000441. The standard InChI is InChI=1S/C14H20ClN3O3.ClH/c1-10-7-11(15)3-4-12(10)21-6-2-5-17-14(20)9-18-13(19)8-16;/h3-4,7H,2,5-6,8-9,16H2,1H3,(H,17,20)(H,18,19);1H. The molecular weight excluding hydrogens is 329 g/mol. The van der Waals surface area contributed by atoms with Crippen LogP contribution < -0.4 is 21.1 Å². The van der Waals surface area contributed by atoms with Crippen molar-refractivity contribution in [1.82, 2.24) is 10.6 Å². The van der Waals surface area contributed by atoms with Crippen LogP contribution in [0.15, 0.2) is 18.2 Å². The van der Waals surface area contributed by atoms with E-state index >= 15 is 0 Å². The van der Waals surface area contributed by atoms with Crippen molar-refractivity contribution >= 4 is 35.8 Å². The number of rotatable bonds is 8. The first kappa shape index (κ1) is 20.5. The maximum absolute atomic E-state index is 11.4. The van der Waals surface area contributed by atoms with Crippen molar-refractivity contribution in [2.24, 2.45) is 5.73 Å². The van der Waals surface area contributed by atoms with E-state index in [0.29, 0.717) is 24.6 Å². The second kappa shape index (κ2) is 11.1. The van der Waals surface area contributed by atoms with Gasteiger partial charge in [0.15, 0.2) is 0 Å². The summed E-state index contributed by atoms with van der Waals surface area (Å²) in [5, 5.41) is 5.74. The largest absolute Gasteiger partial charge is 0.493 e. The SMILES string of the molecule is Cc1cc(Cl)ccc1OCCCNC(=O)CNC(=O)CN.Cl. The monoisotopic (exact) mass is 349 g/mol. The first-order chi connectivity index (χ1) is 10.0. The number of nitrogens with two attached hydrogens (primary N) is 1. The molecule has 0 spiro atoms. The molecule has 0 fully saturated rings. The molecule has 0 heterocycles. The summed E-state index contributed by atoms with van der Waals surface area (Å²) in [6.45, 7) is 2.69. The van der Waals surface area contributed by atoms with Crippen molar-refractivity contribution in [3.05, 3.63) is 28.8 Å². The minimum atomic E-state index is -0.355. The van der Waals surface area contributed by atoms with Gasteiger partial charge in [-0.25, -0.2) is 0 Å². The lowest BCUT2D eigenvalue weighted by Crippen LogP contribution is -2.39. The lowest BCUT2D eigenvalue weighted by molar-refractivity contribution is -0.125. The molecule has 0 radical (unpaired) electrons. The van der Waals surface area contributed by atoms with E-state index in [1.54, 1.807) is 6.07 Å². The average molecular weight is 350 g/mol. The van der Waals surface area contributed by atoms with Crippen LogP contribution in [-0.2, 0) is 9.59 Å². The first-order valence-corrected chi connectivity index (χ1v) is 7.03. The molecule has 124 valence electrons. The Kier molecular flexibility index (Phi) is 10.4. The van der Waals surface area contributed by atoms with Crippen molar-refractivity contribution in [2.45, 2.75) is 13.3 Å². The van der Waals surface area contributed by atoms with Gasteiger partial charge in [-0.15, -0.1) is 12.4 Å². The van der Waals surface area contributed by atoms with Crippen molar-refractivity contribution < 1.29 is 14.3 Å².